The van der Waals surface area contributed by atoms with Crippen molar-refractivity contribution in [3.63, 3.8) is 0 Å². The van der Waals surface area contributed by atoms with Crippen LogP contribution in [-0.2, 0) is 6.42 Å². The second kappa shape index (κ2) is 8.12. The summed E-state index contributed by atoms with van der Waals surface area (Å²) in [5.41, 5.74) is 4.83. The number of carbonyl (C=O) groups excluding carboxylic acids is 1. The van der Waals surface area contributed by atoms with E-state index in [2.05, 4.69) is 65.9 Å². The number of aromatic nitrogens is 4. The predicted octanol–water partition coefficient (Wildman–Crippen LogP) is 3.66. The monoisotopic (exact) mass is 363 g/mol. The molecule has 1 N–H and O–H groups in total. The van der Waals surface area contributed by atoms with E-state index in [-0.39, 0.29) is 17.9 Å². The van der Waals surface area contributed by atoms with Gasteiger partial charge in [-0.15, -0.1) is 5.10 Å². The van der Waals surface area contributed by atoms with Crippen molar-refractivity contribution in [3.05, 3.63) is 71.0 Å². The molecular weight excluding hydrogens is 338 g/mol. The molecule has 0 saturated heterocycles. The smallest absolute Gasteiger partial charge is 0.251 e. The number of nitrogens with one attached hydrogen (secondary N) is 1. The second-order valence-electron chi connectivity index (χ2n) is 7.05. The molecule has 1 amide bonds. The number of nitrogens with zero attached hydrogens (tertiary/aromatic N) is 4. The maximum atomic E-state index is 12.8. The van der Waals surface area contributed by atoms with E-state index in [1.807, 2.05) is 19.1 Å². The Morgan fingerprint density at radius 2 is 1.89 bits per heavy atom. The Bertz CT molecular complexity index is 901. The van der Waals surface area contributed by atoms with Crippen LogP contribution < -0.4 is 5.32 Å². The molecule has 6 heteroatoms. The second-order valence-corrected chi connectivity index (χ2v) is 7.05. The van der Waals surface area contributed by atoms with Crippen LogP contribution in [0.2, 0.25) is 0 Å². The number of hydrogen-bond donors (Lipinski definition) is 1. The number of amides is 1. The first-order valence-corrected chi connectivity index (χ1v) is 9.23. The molecule has 0 fully saturated rings. The van der Waals surface area contributed by atoms with Crippen LogP contribution in [-0.4, -0.2) is 26.1 Å². The first-order chi connectivity index (χ1) is 13.0. The summed E-state index contributed by atoms with van der Waals surface area (Å²) in [6.45, 7) is 8.31. The zero-order valence-corrected chi connectivity index (χ0v) is 16.2. The lowest BCUT2D eigenvalue weighted by atomic mass is 9.94. The molecule has 0 aliphatic heterocycles. The van der Waals surface area contributed by atoms with Crippen molar-refractivity contribution >= 4 is 5.91 Å². The van der Waals surface area contributed by atoms with Gasteiger partial charge in [0, 0.05) is 5.56 Å². The zero-order valence-electron chi connectivity index (χ0n) is 16.2. The van der Waals surface area contributed by atoms with Crippen LogP contribution in [0.4, 0.5) is 0 Å². The summed E-state index contributed by atoms with van der Waals surface area (Å²) < 4.78 is 1.59. The molecule has 140 valence electrons. The quantitative estimate of drug-likeness (QED) is 0.725. The highest BCUT2D eigenvalue weighted by atomic mass is 16.1. The molecule has 0 bridgehead atoms. The van der Waals surface area contributed by atoms with E-state index in [0.29, 0.717) is 5.56 Å². The van der Waals surface area contributed by atoms with Crippen LogP contribution >= 0.6 is 0 Å². The SMILES string of the molecule is CCc1ccc(C(NC(=O)c2ccc(-n3cnnn3)c(C)c2)C(C)C)cc1. The number of carbonyl (C=O) groups is 1. The molecule has 1 atom stereocenters. The number of rotatable bonds is 6. The Balaban J connectivity index is 1.80. The van der Waals surface area contributed by atoms with E-state index in [1.54, 1.807) is 10.7 Å². The van der Waals surface area contributed by atoms with Gasteiger partial charge in [0.05, 0.1) is 11.7 Å². The minimum Gasteiger partial charge on any atom is -0.345 e. The van der Waals surface area contributed by atoms with Crippen LogP contribution in [0, 0.1) is 12.8 Å². The minimum atomic E-state index is -0.0837. The van der Waals surface area contributed by atoms with Crippen molar-refractivity contribution in [1.82, 2.24) is 25.5 Å². The third kappa shape index (κ3) is 4.22. The fourth-order valence-corrected chi connectivity index (χ4v) is 3.15. The summed E-state index contributed by atoms with van der Waals surface area (Å²) in [5, 5.41) is 14.4. The van der Waals surface area contributed by atoms with Crippen molar-refractivity contribution in [1.29, 1.82) is 0 Å². The summed E-state index contributed by atoms with van der Waals surface area (Å²) >= 11 is 0. The fourth-order valence-electron chi connectivity index (χ4n) is 3.15. The third-order valence-electron chi connectivity index (χ3n) is 4.76. The molecule has 6 nitrogen and oxygen atoms in total. The molecule has 1 unspecified atom stereocenters. The molecule has 2 aromatic carbocycles. The Hall–Kier alpha value is -3.02. The Labute approximate surface area is 159 Å². The van der Waals surface area contributed by atoms with E-state index >= 15 is 0 Å². The van der Waals surface area contributed by atoms with Gasteiger partial charge in [-0.1, -0.05) is 45.0 Å². The van der Waals surface area contributed by atoms with Gasteiger partial charge in [-0.3, -0.25) is 4.79 Å². The van der Waals surface area contributed by atoms with Gasteiger partial charge >= 0.3 is 0 Å². The molecule has 1 heterocycles. The van der Waals surface area contributed by atoms with Crippen LogP contribution in [0.1, 0.15) is 53.9 Å². The van der Waals surface area contributed by atoms with Gasteiger partial charge in [0.1, 0.15) is 6.33 Å². The van der Waals surface area contributed by atoms with Crippen molar-refractivity contribution in [2.24, 2.45) is 5.92 Å². The normalized spacial score (nSPS) is 12.2. The Kier molecular flexibility index (Phi) is 5.64. The summed E-state index contributed by atoms with van der Waals surface area (Å²) in [5.74, 6) is 0.197. The van der Waals surface area contributed by atoms with E-state index < -0.39 is 0 Å². The number of aryl methyl sites for hydroxylation is 2. The van der Waals surface area contributed by atoms with E-state index in [9.17, 15) is 4.79 Å². The highest BCUT2D eigenvalue weighted by Gasteiger charge is 2.19. The number of benzene rings is 2. The van der Waals surface area contributed by atoms with Crippen LogP contribution in [0.25, 0.3) is 5.69 Å². The molecule has 0 spiro atoms. The van der Waals surface area contributed by atoms with E-state index in [4.69, 9.17) is 0 Å². The first-order valence-electron chi connectivity index (χ1n) is 9.23. The molecule has 3 rings (SSSR count). The largest absolute Gasteiger partial charge is 0.345 e. The summed E-state index contributed by atoms with van der Waals surface area (Å²) in [6.07, 6.45) is 2.54. The average Bonchev–Trinajstić information content (AvgIpc) is 3.20. The number of hydrogen-bond acceptors (Lipinski definition) is 4. The fraction of sp³-hybridized carbons (Fsp3) is 0.333. The molecular formula is C21H25N5O. The first kappa shape index (κ1) is 18.8. The topological polar surface area (TPSA) is 72.7 Å². The van der Waals surface area contributed by atoms with Gasteiger partial charge in [0.25, 0.3) is 5.91 Å². The van der Waals surface area contributed by atoms with E-state index in [0.717, 1.165) is 23.2 Å². The van der Waals surface area contributed by atoms with Gasteiger partial charge in [0.15, 0.2) is 0 Å². The molecule has 0 aliphatic carbocycles. The van der Waals surface area contributed by atoms with Crippen LogP contribution in [0.3, 0.4) is 0 Å². The van der Waals surface area contributed by atoms with Crippen molar-refractivity contribution in [2.45, 2.75) is 40.2 Å². The van der Waals surface area contributed by atoms with E-state index in [1.165, 1.54) is 11.9 Å². The van der Waals surface area contributed by atoms with Gasteiger partial charge in [0.2, 0.25) is 0 Å². The Morgan fingerprint density at radius 1 is 1.15 bits per heavy atom. The lowest BCUT2D eigenvalue weighted by Crippen LogP contribution is -2.31. The van der Waals surface area contributed by atoms with Gasteiger partial charge in [-0.25, -0.2) is 4.68 Å². The summed E-state index contributed by atoms with van der Waals surface area (Å²) in [4.78, 5) is 12.8. The molecule has 1 aromatic heterocycles. The van der Waals surface area contributed by atoms with Crippen molar-refractivity contribution in [3.8, 4) is 5.69 Å². The van der Waals surface area contributed by atoms with Crippen LogP contribution in [0.15, 0.2) is 48.8 Å². The standard InChI is InChI=1S/C21H25N5O/c1-5-16-6-8-17(9-7-16)20(14(2)3)23-21(27)18-10-11-19(15(4)12-18)26-13-22-24-25-26/h6-14,20H,5H2,1-4H3,(H,23,27). The summed E-state index contributed by atoms with van der Waals surface area (Å²) in [6, 6.07) is 14.0. The van der Waals surface area contributed by atoms with Gasteiger partial charge < -0.3 is 5.32 Å². The molecule has 0 aliphatic rings. The van der Waals surface area contributed by atoms with Gasteiger partial charge in [-0.2, -0.15) is 0 Å². The molecule has 0 radical (unpaired) electrons. The summed E-state index contributed by atoms with van der Waals surface area (Å²) in [7, 11) is 0. The molecule has 3 aromatic rings. The predicted molar refractivity (Wildman–Crippen MR) is 105 cm³/mol. The van der Waals surface area contributed by atoms with Crippen molar-refractivity contribution in [2.75, 3.05) is 0 Å². The Morgan fingerprint density at radius 3 is 2.44 bits per heavy atom. The lowest BCUT2D eigenvalue weighted by Gasteiger charge is -2.23. The van der Waals surface area contributed by atoms with Crippen molar-refractivity contribution < 1.29 is 4.79 Å². The van der Waals surface area contributed by atoms with Gasteiger partial charge in [-0.05, 0) is 64.6 Å². The third-order valence-corrected chi connectivity index (χ3v) is 4.76. The highest BCUT2D eigenvalue weighted by molar-refractivity contribution is 5.95. The highest BCUT2D eigenvalue weighted by Crippen LogP contribution is 2.23. The minimum absolute atomic E-state index is 0.0390. The maximum absolute atomic E-state index is 12.8. The average molecular weight is 363 g/mol. The maximum Gasteiger partial charge on any atom is 0.251 e. The molecule has 27 heavy (non-hydrogen) atoms. The van der Waals surface area contributed by atoms with Crippen LogP contribution in [0.5, 0.6) is 0 Å². The zero-order chi connectivity index (χ0) is 19.4. The molecule has 0 saturated carbocycles. The lowest BCUT2D eigenvalue weighted by molar-refractivity contribution is 0.0925. The number of tetrazole rings is 1.